The van der Waals surface area contributed by atoms with Crippen LogP contribution in [-0.2, 0) is 0 Å². The number of rotatable bonds is 2. The average Bonchev–Trinajstić information content (AvgIpc) is 2.04. The van der Waals surface area contributed by atoms with Gasteiger partial charge in [0.2, 0.25) is 0 Å². The first-order valence-electron chi connectivity index (χ1n) is 4.48. The second-order valence-corrected chi connectivity index (χ2v) is 3.37. The van der Waals surface area contributed by atoms with Crippen LogP contribution in [0.5, 0.6) is 0 Å². The van der Waals surface area contributed by atoms with Gasteiger partial charge < -0.3 is 5.32 Å². The van der Waals surface area contributed by atoms with E-state index in [1.807, 2.05) is 0 Å². The number of nitrogens with one attached hydrogen (secondary N) is 1. The van der Waals surface area contributed by atoms with E-state index < -0.39 is 11.6 Å². The molecule has 1 saturated carbocycles. The van der Waals surface area contributed by atoms with Crippen molar-refractivity contribution in [1.82, 2.24) is 0 Å². The lowest BCUT2D eigenvalue weighted by atomic mass is 9.93. The van der Waals surface area contributed by atoms with Crippen LogP contribution in [0, 0.1) is 11.6 Å². The summed E-state index contributed by atoms with van der Waals surface area (Å²) in [5.74, 6) is -1.56. The number of hydrogen-bond donors (Lipinski definition) is 1. The summed E-state index contributed by atoms with van der Waals surface area (Å²) in [5, 5.41) is 2.97. The minimum atomic E-state index is -0.788. The van der Waals surface area contributed by atoms with E-state index in [1.165, 1.54) is 12.5 Å². The lowest BCUT2D eigenvalue weighted by Gasteiger charge is -2.27. The molecule has 1 nitrogen and oxygen atoms in total. The summed E-state index contributed by atoms with van der Waals surface area (Å²) in [6.07, 6.45) is 3.28. The van der Waals surface area contributed by atoms with Crippen LogP contribution in [0.2, 0.25) is 0 Å². The molecule has 1 aromatic carbocycles. The van der Waals surface area contributed by atoms with Crippen LogP contribution >= 0.6 is 0 Å². The first-order chi connectivity index (χ1) is 6.27. The Bertz CT molecular complexity index is 308. The van der Waals surface area contributed by atoms with E-state index in [2.05, 4.69) is 5.32 Å². The zero-order valence-electron chi connectivity index (χ0n) is 7.19. The van der Waals surface area contributed by atoms with Gasteiger partial charge in [0.1, 0.15) is 0 Å². The van der Waals surface area contributed by atoms with Crippen molar-refractivity contribution in [2.75, 3.05) is 5.32 Å². The molecule has 0 bridgehead atoms. The summed E-state index contributed by atoms with van der Waals surface area (Å²) >= 11 is 0. The smallest absolute Gasteiger partial charge is 0.181 e. The Hall–Kier alpha value is -1.12. The normalized spacial score (nSPS) is 16.8. The van der Waals surface area contributed by atoms with Crippen LogP contribution < -0.4 is 5.32 Å². The number of anilines is 1. The van der Waals surface area contributed by atoms with Gasteiger partial charge in [0.15, 0.2) is 11.6 Å². The van der Waals surface area contributed by atoms with Crippen molar-refractivity contribution in [3.05, 3.63) is 29.8 Å². The van der Waals surface area contributed by atoms with Crippen LogP contribution in [0.4, 0.5) is 14.5 Å². The van der Waals surface area contributed by atoms with Crippen molar-refractivity contribution in [2.24, 2.45) is 0 Å². The maximum absolute atomic E-state index is 13.1. The zero-order chi connectivity index (χ0) is 9.26. The summed E-state index contributed by atoms with van der Waals surface area (Å²) in [6.45, 7) is 0. The van der Waals surface area contributed by atoms with E-state index in [4.69, 9.17) is 0 Å². The van der Waals surface area contributed by atoms with Crippen molar-refractivity contribution in [1.29, 1.82) is 0 Å². The summed E-state index contributed by atoms with van der Waals surface area (Å²) in [4.78, 5) is 0. The van der Waals surface area contributed by atoms with Crippen LogP contribution in [0.15, 0.2) is 18.2 Å². The zero-order valence-corrected chi connectivity index (χ0v) is 7.19. The van der Waals surface area contributed by atoms with Crippen LogP contribution in [0.1, 0.15) is 19.3 Å². The minimum Gasteiger partial charge on any atom is -0.380 e. The fraction of sp³-hybridized carbons (Fsp3) is 0.400. The molecule has 1 fully saturated rings. The van der Waals surface area contributed by atoms with E-state index in [-0.39, 0.29) is 5.69 Å². The van der Waals surface area contributed by atoms with Crippen LogP contribution in [-0.4, -0.2) is 6.04 Å². The third kappa shape index (κ3) is 1.64. The third-order valence-electron chi connectivity index (χ3n) is 2.42. The second-order valence-electron chi connectivity index (χ2n) is 3.37. The van der Waals surface area contributed by atoms with Crippen molar-refractivity contribution < 1.29 is 8.78 Å². The van der Waals surface area contributed by atoms with E-state index in [9.17, 15) is 8.78 Å². The van der Waals surface area contributed by atoms with Gasteiger partial charge in [-0.3, -0.25) is 0 Å². The molecule has 3 heteroatoms. The van der Waals surface area contributed by atoms with Gasteiger partial charge in [-0.15, -0.1) is 0 Å². The van der Waals surface area contributed by atoms with Gasteiger partial charge in [0, 0.05) is 6.04 Å². The number of benzene rings is 1. The van der Waals surface area contributed by atoms with Crippen molar-refractivity contribution >= 4 is 5.69 Å². The molecular weight excluding hydrogens is 172 g/mol. The van der Waals surface area contributed by atoms with Crippen LogP contribution in [0.25, 0.3) is 0 Å². The van der Waals surface area contributed by atoms with Crippen LogP contribution in [0.3, 0.4) is 0 Å². The summed E-state index contributed by atoms with van der Waals surface area (Å²) < 4.78 is 25.8. The van der Waals surface area contributed by atoms with E-state index in [0.717, 1.165) is 18.9 Å². The fourth-order valence-electron chi connectivity index (χ4n) is 1.39. The van der Waals surface area contributed by atoms with Crippen molar-refractivity contribution in [3.63, 3.8) is 0 Å². The minimum absolute atomic E-state index is 0.282. The van der Waals surface area contributed by atoms with Gasteiger partial charge in [-0.2, -0.15) is 0 Å². The van der Waals surface area contributed by atoms with Gasteiger partial charge in [-0.25, -0.2) is 8.78 Å². The predicted molar refractivity (Wildman–Crippen MR) is 47.6 cm³/mol. The van der Waals surface area contributed by atoms with Crippen molar-refractivity contribution in [2.45, 2.75) is 25.3 Å². The number of halogens is 2. The molecule has 1 aliphatic carbocycles. The molecule has 1 aromatic rings. The average molecular weight is 183 g/mol. The summed E-state index contributed by atoms with van der Waals surface area (Å²) in [7, 11) is 0. The summed E-state index contributed by atoms with van der Waals surface area (Å²) in [6, 6.07) is 4.54. The highest BCUT2D eigenvalue weighted by Crippen LogP contribution is 2.25. The Balaban J connectivity index is 2.14. The molecule has 0 atom stereocenters. The first-order valence-corrected chi connectivity index (χ1v) is 4.48. The lowest BCUT2D eigenvalue weighted by Crippen LogP contribution is -2.27. The molecule has 70 valence electrons. The molecule has 0 heterocycles. The largest absolute Gasteiger partial charge is 0.380 e. The van der Waals surface area contributed by atoms with Gasteiger partial charge in [-0.05, 0) is 31.4 Å². The summed E-state index contributed by atoms with van der Waals surface area (Å²) in [5.41, 5.74) is 0.282. The SMILES string of the molecule is Fc1cccc(NC2CCC2)c1F. The molecule has 0 spiro atoms. The van der Waals surface area contributed by atoms with E-state index in [1.54, 1.807) is 6.07 Å². The Labute approximate surface area is 75.8 Å². The van der Waals surface area contributed by atoms with Gasteiger partial charge in [0.05, 0.1) is 5.69 Å². The van der Waals surface area contributed by atoms with Gasteiger partial charge in [-0.1, -0.05) is 6.07 Å². The van der Waals surface area contributed by atoms with E-state index in [0.29, 0.717) is 6.04 Å². The lowest BCUT2D eigenvalue weighted by molar-refractivity contribution is 0.440. The molecule has 0 unspecified atom stereocenters. The standard InChI is InChI=1S/C10H11F2N/c11-8-5-2-6-9(10(8)12)13-7-3-1-4-7/h2,5-7,13H,1,3-4H2. The Kier molecular flexibility index (Phi) is 2.17. The van der Waals surface area contributed by atoms with Gasteiger partial charge >= 0.3 is 0 Å². The quantitative estimate of drug-likeness (QED) is 0.743. The highest BCUT2D eigenvalue weighted by atomic mass is 19.2. The molecule has 0 radical (unpaired) electrons. The molecule has 13 heavy (non-hydrogen) atoms. The molecular formula is C10H11F2N. The third-order valence-corrected chi connectivity index (χ3v) is 2.42. The Morgan fingerprint density at radius 1 is 1.23 bits per heavy atom. The Morgan fingerprint density at radius 2 is 2.00 bits per heavy atom. The molecule has 2 rings (SSSR count). The maximum atomic E-state index is 13.1. The molecule has 0 saturated heterocycles. The Morgan fingerprint density at radius 3 is 2.62 bits per heavy atom. The first kappa shape index (κ1) is 8.48. The highest BCUT2D eigenvalue weighted by molar-refractivity contribution is 5.46. The maximum Gasteiger partial charge on any atom is 0.181 e. The monoisotopic (exact) mass is 183 g/mol. The predicted octanol–water partition coefficient (Wildman–Crippen LogP) is 2.93. The molecule has 0 amide bonds. The second kappa shape index (κ2) is 3.32. The molecule has 1 aliphatic rings. The van der Waals surface area contributed by atoms with Gasteiger partial charge in [0.25, 0.3) is 0 Å². The highest BCUT2D eigenvalue weighted by Gasteiger charge is 2.18. The molecule has 1 N–H and O–H groups in total. The fourth-order valence-corrected chi connectivity index (χ4v) is 1.39. The number of hydrogen-bond acceptors (Lipinski definition) is 1. The molecule has 0 aromatic heterocycles. The van der Waals surface area contributed by atoms with Crippen molar-refractivity contribution in [3.8, 4) is 0 Å². The topological polar surface area (TPSA) is 12.0 Å². The molecule has 0 aliphatic heterocycles. The van der Waals surface area contributed by atoms with E-state index >= 15 is 0 Å².